The molecule has 0 radical (unpaired) electrons. The number of aryl methyl sites for hydroxylation is 1. The first-order valence-electron chi connectivity index (χ1n) is 8.63. The molecule has 0 spiro atoms. The van der Waals surface area contributed by atoms with E-state index in [2.05, 4.69) is 56.1 Å². The van der Waals surface area contributed by atoms with Gasteiger partial charge >= 0.3 is 0 Å². The van der Waals surface area contributed by atoms with E-state index in [1.54, 1.807) is 0 Å². The number of aromatic nitrogens is 1. The second kappa shape index (κ2) is 6.53. The van der Waals surface area contributed by atoms with Crippen LogP contribution in [-0.4, -0.2) is 18.3 Å². The number of benzene rings is 2. The number of hydrogen-bond donors (Lipinski definition) is 1. The number of nitrogens with zero attached hydrogens (tertiary/aromatic N) is 2. The number of anilines is 1. The van der Waals surface area contributed by atoms with Gasteiger partial charge < -0.3 is 10.7 Å². The van der Waals surface area contributed by atoms with Crippen molar-refractivity contribution in [2.75, 3.05) is 24.3 Å². The number of fused-ring (bicyclic) bond motifs is 3. The summed E-state index contributed by atoms with van der Waals surface area (Å²) in [5.41, 5.74) is 4.75. The van der Waals surface area contributed by atoms with E-state index in [0.29, 0.717) is 0 Å². The second-order valence-electron chi connectivity index (χ2n) is 6.55. The van der Waals surface area contributed by atoms with Crippen LogP contribution in [0.15, 0.2) is 36.4 Å². The molecule has 23 heavy (non-hydrogen) atoms. The van der Waals surface area contributed by atoms with E-state index in [1.807, 2.05) is 10.7 Å². The molecule has 0 aliphatic heterocycles. The van der Waals surface area contributed by atoms with Crippen LogP contribution < -0.4 is 10.7 Å². The van der Waals surface area contributed by atoms with Crippen LogP contribution in [0.1, 0.15) is 38.2 Å². The van der Waals surface area contributed by atoms with E-state index in [-0.39, 0.29) is 0 Å². The van der Waals surface area contributed by atoms with Crippen molar-refractivity contribution in [3.8, 4) is 0 Å². The lowest BCUT2D eigenvalue weighted by Crippen LogP contribution is -2.19. The Morgan fingerprint density at radius 3 is 2.61 bits per heavy atom. The van der Waals surface area contributed by atoms with E-state index in [4.69, 9.17) is 5.84 Å². The highest BCUT2D eigenvalue weighted by molar-refractivity contribution is 6.14. The Morgan fingerprint density at radius 1 is 1.04 bits per heavy atom. The molecule has 3 nitrogen and oxygen atoms in total. The SMILES string of the molecule is CCCCCCN(C)c1cc(C)cc2c1c1ccccc1n2N. The summed E-state index contributed by atoms with van der Waals surface area (Å²) in [5, 5.41) is 2.51. The third-order valence-corrected chi connectivity index (χ3v) is 4.69. The van der Waals surface area contributed by atoms with Gasteiger partial charge in [0.25, 0.3) is 0 Å². The molecule has 3 heteroatoms. The molecule has 122 valence electrons. The fourth-order valence-electron chi connectivity index (χ4n) is 3.44. The Morgan fingerprint density at radius 2 is 1.83 bits per heavy atom. The van der Waals surface area contributed by atoms with E-state index in [9.17, 15) is 0 Å². The molecule has 3 rings (SSSR count). The maximum absolute atomic E-state index is 6.35. The second-order valence-corrected chi connectivity index (χ2v) is 6.55. The molecule has 0 fully saturated rings. The minimum Gasteiger partial charge on any atom is -0.374 e. The van der Waals surface area contributed by atoms with E-state index in [0.717, 1.165) is 17.6 Å². The number of nitrogen functional groups attached to an aromatic ring is 1. The van der Waals surface area contributed by atoms with Gasteiger partial charge in [-0.3, -0.25) is 4.68 Å². The van der Waals surface area contributed by atoms with Gasteiger partial charge in [0, 0.05) is 30.1 Å². The Labute approximate surface area is 138 Å². The van der Waals surface area contributed by atoms with Gasteiger partial charge in [-0.25, -0.2) is 0 Å². The highest BCUT2D eigenvalue weighted by Crippen LogP contribution is 2.35. The number of para-hydroxylation sites is 1. The summed E-state index contributed by atoms with van der Waals surface area (Å²) in [4.78, 5) is 2.39. The molecule has 0 amide bonds. The quantitative estimate of drug-likeness (QED) is 0.522. The molecule has 0 aliphatic rings. The minimum absolute atomic E-state index is 1.09. The summed E-state index contributed by atoms with van der Waals surface area (Å²) in [6.07, 6.45) is 5.13. The lowest BCUT2D eigenvalue weighted by Gasteiger charge is -2.21. The first-order valence-corrected chi connectivity index (χ1v) is 8.63. The molecule has 0 atom stereocenters. The third kappa shape index (κ3) is 2.88. The first kappa shape index (κ1) is 15.7. The number of unbranched alkanes of at least 4 members (excludes halogenated alkanes) is 3. The topological polar surface area (TPSA) is 34.2 Å². The van der Waals surface area contributed by atoms with Crippen molar-refractivity contribution < 1.29 is 0 Å². The zero-order valence-electron chi connectivity index (χ0n) is 14.5. The Bertz CT molecular complexity index is 816. The van der Waals surface area contributed by atoms with Gasteiger partial charge in [0.15, 0.2) is 0 Å². The van der Waals surface area contributed by atoms with Gasteiger partial charge in [0.05, 0.1) is 11.0 Å². The van der Waals surface area contributed by atoms with Crippen molar-refractivity contribution in [1.29, 1.82) is 0 Å². The van der Waals surface area contributed by atoms with Gasteiger partial charge in [-0.2, -0.15) is 0 Å². The molecule has 0 aliphatic carbocycles. The maximum Gasteiger partial charge on any atom is 0.0727 e. The van der Waals surface area contributed by atoms with Crippen molar-refractivity contribution in [2.45, 2.75) is 39.5 Å². The van der Waals surface area contributed by atoms with Gasteiger partial charge in [-0.15, -0.1) is 0 Å². The molecule has 0 unspecified atom stereocenters. The average Bonchev–Trinajstić information content (AvgIpc) is 2.84. The number of hydrogen-bond acceptors (Lipinski definition) is 2. The van der Waals surface area contributed by atoms with Crippen LogP contribution in [0.5, 0.6) is 0 Å². The predicted molar refractivity (Wildman–Crippen MR) is 102 cm³/mol. The van der Waals surface area contributed by atoms with Gasteiger partial charge in [-0.05, 0) is 37.1 Å². The molecule has 2 N–H and O–H groups in total. The summed E-state index contributed by atoms with van der Waals surface area (Å²) in [6.45, 7) is 5.48. The van der Waals surface area contributed by atoms with E-state index in [1.165, 1.54) is 47.7 Å². The highest BCUT2D eigenvalue weighted by atomic mass is 15.3. The van der Waals surface area contributed by atoms with Crippen LogP contribution in [0, 0.1) is 6.92 Å². The monoisotopic (exact) mass is 309 g/mol. The van der Waals surface area contributed by atoms with Gasteiger partial charge in [0.2, 0.25) is 0 Å². The summed E-state index contributed by atoms with van der Waals surface area (Å²) >= 11 is 0. The minimum atomic E-state index is 1.09. The molecule has 3 aromatic rings. The van der Waals surface area contributed by atoms with E-state index < -0.39 is 0 Å². The van der Waals surface area contributed by atoms with Crippen molar-refractivity contribution >= 4 is 27.5 Å². The largest absolute Gasteiger partial charge is 0.374 e. The van der Waals surface area contributed by atoms with Crippen LogP contribution in [0.3, 0.4) is 0 Å². The maximum atomic E-state index is 6.35. The first-order chi connectivity index (χ1) is 11.1. The third-order valence-electron chi connectivity index (χ3n) is 4.69. The Kier molecular flexibility index (Phi) is 4.46. The molecule has 0 saturated heterocycles. The number of rotatable bonds is 6. The molecule has 0 bridgehead atoms. The highest BCUT2D eigenvalue weighted by Gasteiger charge is 2.15. The summed E-state index contributed by atoms with van der Waals surface area (Å²) in [7, 11) is 2.20. The van der Waals surface area contributed by atoms with Gasteiger partial charge in [0.1, 0.15) is 0 Å². The lowest BCUT2D eigenvalue weighted by atomic mass is 10.1. The predicted octanol–water partition coefficient (Wildman–Crippen LogP) is 4.83. The molecule has 2 aromatic carbocycles. The van der Waals surface area contributed by atoms with Crippen molar-refractivity contribution in [2.24, 2.45) is 0 Å². The molecular weight excluding hydrogens is 282 g/mol. The summed E-state index contributed by atoms with van der Waals surface area (Å²) in [5.74, 6) is 6.35. The number of nitrogens with two attached hydrogens (primary N) is 1. The Hall–Kier alpha value is -2.16. The summed E-state index contributed by atoms with van der Waals surface area (Å²) < 4.78 is 1.83. The van der Waals surface area contributed by atoms with Crippen LogP contribution in [0.25, 0.3) is 21.8 Å². The standard InChI is InChI=1S/C20H27N3/c1-4-5-6-9-12-22(3)18-13-15(2)14-19-20(18)16-10-7-8-11-17(16)23(19)21/h7-8,10-11,13-14H,4-6,9,12,21H2,1-3H3. The molecule has 1 aromatic heterocycles. The van der Waals surface area contributed by atoms with Crippen molar-refractivity contribution in [3.63, 3.8) is 0 Å². The molecule has 1 heterocycles. The zero-order valence-corrected chi connectivity index (χ0v) is 14.5. The lowest BCUT2D eigenvalue weighted by molar-refractivity contribution is 0.662. The Balaban J connectivity index is 2.07. The van der Waals surface area contributed by atoms with Crippen LogP contribution in [0.4, 0.5) is 5.69 Å². The van der Waals surface area contributed by atoms with Gasteiger partial charge in [-0.1, -0.05) is 44.4 Å². The fourth-order valence-corrected chi connectivity index (χ4v) is 3.44. The van der Waals surface area contributed by atoms with Crippen LogP contribution in [0.2, 0.25) is 0 Å². The van der Waals surface area contributed by atoms with Crippen LogP contribution in [-0.2, 0) is 0 Å². The normalized spacial score (nSPS) is 11.4. The summed E-state index contributed by atoms with van der Waals surface area (Å²) in [6, 6.07) is 12.9. The fraction of sp³-hybridized carbons (Fsp3) is 0.400. The smallest absolute Gasteiger partial charge is 0.0727 e. The zero-order chi connectivity index (χ0) is 16.4. The van der Waals surface area contributed by atoms with Crippen molar-refractivity contribution in [1.82, 2.24) is 4.68 Å². The average molecular weight is 309 g/mol. The molecule has 0 saturated carbocycles. The molecular formula is C20H27N3. The van der Waals surface area contributed by atoms with Crippen molar-refractivity contribution in [3.05, 3.63) is 42.0 Å². The van der Waals surface area contributed by atoms with Crippen LogP contribution >= 0.6 is 0 Å². The van der Waals surface area contributed by atoms with E-state index >= 15 is 0 Å².